The molecular weight excluding hydrogens is 256 g/mol. The zero-order chi connectivity index (χ0) is 13.7. The molecule has 0 saturated carbocycles. The van der Waals surface area contributed by atoms with Crippen LogP contribution in [0, 0.1) is 11.8 Å². The first-order valence-electron chi connectivity index (χ1n) is 7.17. The number of hydrogen-bond acceptors (Lipinski definition) is 3. The van der Waals surface area contributed by atoms with E-state index in [2.05, 4.69) is 27.7 Å². The van der Waals surface area contributed by atoms with Gasteiger partial charge in [0.1, 0.15) is 0 Å². The third kappa shape index (κ3) is 4.62. The van der Waals surface area contributed by atoms with Gasteiger partial charge in [-0.3, -0.25) is 9.69 Å². The van der Waals surface area contributed by atoms with Crippen LogP contribution in [-0.2, 0) is 11.3 Å². The van der Waals surface area contributed by atoms with Crippen molar-refractivity contribution >= 4 is 17.2 Å². The molecule has 1 aromatic rings. The van der Waals surface area contributed by atoms with Crippen LogP contribution in [0.5, 0.6) is 0 Å². The lowest BCUT2D eigenvalue weighted by molar-refractivity contribution is -0.124. The Kier molecular flexibility index (Phi) is 5.40. The van der Waals surface area contributed by atoms with E-state index in [1.165, 1.54) is 17.7 Å². The molecule has 0 unspecified atom stereocenters. The second-order valence-corrected chi connectivity index (χ2v) is 6.73. The summed E-state index contributed by atoms with van der Waals surface area (Å²) in [5, 5.41) is 5.20. The second kappa shape index (κ2) is 7.06. The third-order valence-corrected chi connectivity index (χ3v) is 4.62. The van der Waals surface area contributed by atoms with Gasteiger partial charge in [-0.15, -0.1) is 11.3 Å². The summed E-state index contributed by atoms with van der Waals surface area (Å²) in [6, 6.07) is 4.33. The van der Waals surface area contributed by atoms with Crippen molar-refractivity contribution in [1.29, 1.82) is 0 Å². The molecule has 106 valence electrons. The summed E-state index contributed by atoms with van der Waals surface area (Å²) < 4.78 is 0. The van der Waals surface area contributed by atoms with E-state index in [1.54, 1.807) is 0 Å². The summed E-state index contributed by atoms with van der Waals surface area (Å²) in [5.41, 5.74) is 0. The van der Waals surface area contributed by atoms with E-state index in [0.29, 0.717) is 5.92 Å². The van der Waals surface area contributed by atoms with Gasteiger partial charge in [0.25, 0.3) is 0 Å². The summed E-state index contributed by atoms with van der Waals surface area (Å²) >= 11 is 1.84. The molecule has 1 saturated heterocycles. The summed E-state index contributed by atoms with van der Waals surface area (Å²) in [6.45, 7) is 8.13. The standard InChI is InChI=1S/C15H24N2OS/c1-12(2)15(18)16-10-13-5-7-17(8-6-13)11-14-4-3-9-19-14/h3-4,9,12-13H,5-8,10-11H2,1-2H3,(H,16,18). The van der Waals surface area contributed by atoms with Gasteiger partial charge in [-0.2, -0.15) is 0 Å². The fraction of sp³-hybridized carbons (Fsp3) is 0.667. The molecule has 2 rings (SSSR count). The summed E-state index contributed by atoms with van der Waals surface area (Å²) in [7, 11) is 0. The monoisotopic (exact) mass is 280 g/mol. The van der Waals surface area contributed by atoms with Crippen molar-refractivity contribution in [2.24, 2.45) is 11.8 Å². The van der Waals surface area contributed by atoms with E-state index in [0.717, 1.165) is 26.2 Å². The van der Waals surface area contributed by atoms with Crippen molar-refractivity contribution in [3.05, 3.63) is 22.4 Å². The predicted octanol–water partition coefficient (Wildman–Crippen LogP) is 2.73. The highest BCUT2D eigenvalue weighted by Gasteiger charge is 2.20. The number of nitrogens with one attached hydrogen (secondary N) is 1. The Labute approximate surface area is 120 Å². The van der Waals surface area contributed by atoms with Gasteiger partial charge in [0.15, 0.2) is 0 Å². The molecule has 1 aliphatic rings. The van der Waals surface area contributed by atoms with Crippen LogP contribution in [-0.4, -0.2) is 30.4 Å². The SMILES string of the molecule is CC(C)C(=O)NCC1CCN(Cc2cccs2)CC1. The van der Waals surface area contributed by atoms with Gasteiger partial charge >= 0.3 is 0 Å². The summed E-state index contributed by atoms with van der Waals surface area (Å²) in [4.78, 5) is 15.5. The first-order chi connectivity index (χ1) is 9.15. The van der Waals surface area contributed by atoms with Gasteiger partial charge in [0.2, 0.25) is 5.91 Å². The predicted molar refractivity (Wildman–Crippen MR) is 80.2 cm³/mol. The first kappa shape index (κ1) is 14.5. The molecule has 1 aliphatic heterocycles. The molecule has 1 amide bonds. The number of carbonyl (C=O) groups excluding carboxylic acids is 1. The topological polar surface area (TPSA) is 32.3 Å². The van der Waals surface area contributed by atoms with Crippen LogP contribution in [0.25, 0.3) is 0 Å². The largest absolute Gasteiger partial charge is 0.356 e. The highest BCUT2D eigenvalue weighted by atomic mass is 32.1. The van der Waals surface area contributed by atoms with E-state index < -0.39 is 0 Å². The minimum atomic E-state index is 0.0962. The Hall–Kier alpha value is -0.870. The molecule has 0 bridgehead atoms. The minimum absolute atomic E-state index is 0.0962. The van der Waals surface area contributed by atoms with Gasteiger partial charge in [-0.25, -0.2) is 0 Å². The van der Waals surface area contributed by atoms with E-state index in [-0.39, 0.29) is 11.8 Å². The van der Waals surface area contributed by atoms with E-state index in [9.17, 15) is 4.79 Å². The second-order valence-electron chi connectivity index (χ2n) is 5.70. The van der Waals surface area contributed by atoms with Crippen LogP contribution in [0.2, 0.25) is 0 Å². The smallest absolute Gasteiger partial charge is 0.222 e. The van der Waals surface area contributed by atoms with Crippen LogP contribution >= 0.6 is 11.3 Å². The zero-order valence-corrected chi connectivity index (χ0v) is 12.7. The van der Waals surface area contributed by atoms with Crippen molar-refractivity contribution in [2.45, 2.75) is 33.2 Å². The lowest BCUT2D eigenvalue weighted by Gasteiger charge is -2.31. The molecule has 4 heteroatoms. The van der Waals surface area contributed by atoms with Crippen molar-refractivity contribution in [3.63, 3.8) is 0 Å². The molecular formula is C15H24N2OS. The maximum atomic E-state index is 11.5. The third-order valence-electron chi connectivity index (χ3n) is 3.76. The van der Waals surface area contributed by atoms with Gasteiger partial charge in [-0.05, 0) is 43.3 Å². The Bertz CT molecular complexity index is 381. The average molecular weight is 280 g/mol. The Morgan fingerprint density at radius 1 is 1.47 bits per heavy atom. The molecule has 0 aromatic carbocycles. The number of hydrogen-bond donors (Lipinski definition) is 1. The number of amides is 1. The highest BCUT2D eigenvalue weighted by molar-refractivity contribution is 7.09. The van der Waals surface area contributed by atoms with Gasteiger partial charge in [0.05, 0.1) is 0 Å². The summed E-state index contributed by atoms with van der Waals surface area (Å²) in [6.07, 6.45) is 2.40. The Balaban J connectivity index is 1.66. The maximum Gasteiger partial charge on any atom is 0.222 e. The normalized spacial score (nSPS) is 17.8. The number of piperidine rings is 1. The van der Waals surface area contributed by atoms with E-state index in [1.807, 2.05) is 25.2 Å². The first-order valence-corrected chi connectivity index (χ1v) is 8.05. The fourth-order valence-electron chi connectivity index (χ4n) is 2.42. The molecule has 2 heterocycles. The van der Waals surface area contributed by atoms with Crippen molar-refractivity contribution < 1.29 is 4.79 Å². The molecule has 0 radical (unpaired) electrons. The zero-order valence-electron chi connectivity index (χ0n) is 11.9. The van der Waals surface area contributed by atoms with Crippen LogP contribution in [0.15, 0.2) is 17.5 Å². The van der Waals surface area contributed by atoms with Gasteiger partial charge in [0, 0.05) is 23.9 Å². The Morgan fingerprint density at radius 3 is 2.79 bits per heavy atom. The number of carbonyl (C=O) groups is 1. The van der Waals surface area contributed by atoms with Crippen LogP contribution in [0.1, 0.15) is 31.6 Å². The molecule has 3 nitrogen and oxygen atoms in total. The molecule has 1 fully saturated rings. The molecule has 0 aliphatic carbocycles. The number of thiophene rings is 1. The minimum Gasteiger partial charge on any atom is -0.356 e. The van der Waals surface area contributed by atoms with Gasteiger partial charge in [-0.1, -0.05) is 19.9 Å². The number of rotatable bonds is 5. The van der Waals surface area contributed by atoms with E-state index in [4.69, 9.17) is 0 Å². The lowest BCUT2D eigenvalue weighted by atomic mass is 9.96. The molecule has 19 heavy (non-hydrogen) atoms. The van der Waals surface area contributed by atoms with Gasteiger partial charge < -0.3 is 5.32 Å². The van der Waals surface area contributed by atoms with Crippen LogP contribution in [0.4, 0.5) is 0 Å². The number of likely N-dealkylation sites (tertiary alicyclic amines) is 1. The highest BCUT2D eigenvalue weighted by Crippen LogP contribution is 2.20. The molecule has 0 atom stereocenters. The van der Waals surface area contributed by atoms with Crippen molar-refractivity contribution in [3.8, 4) is 0 Å². The lowest BCUT2D eigenvalue weighted by Crippen LogP contribution is -2.39. The van der Waals surface area contributed by atoms with E-state index >= 15 is 0 Å². The van der Waals surface area contributed by atoms with Crippen LogP contribution < -0.4 is 5.32 Å². The summed E-state index contributed by atoms with van der Waals surface area (Å²) in [5.74, 6) is 0.933. The van der Waals surface area contributed by atoms with Crippen molar-refractivity contribution in [1.82, 2.24) is 10.2 Å². The molecule has 0 spiro atoms. The van der Waals surface area contributed by atoms with Crippen LogP contribution in [0.3, 0.4) is 0 Å². The molecule has 1 aromatic heterocycles. The van der Waals surface area contributed by atoms with Crippen molar-refractivity contribution in [2.75, 3.05) is 19.6 Å². The molecule has 1 N–H and O–H groups in total. The number of nitrogens with zero attached hydrogens (tertiary/aromatic N) is 1. The Morgan fingerprint density at radius 2 is 2.21 bits per heavy atom. The average Bonchev–Trinajstić information content (AvgIpc) is 2.90. The fourth-order valence-corrected chi connectivity index (χ4v) is 3.17. The maximum absolute atomic E-state index is 11.5. The quantitative estimate of drug-likeness (QED) is 0.899.